The summed E-state index contributed by atoms with van der Waals surface area (Å²) < 4.78 is 20.3. The van der Waals surface area contributed by atoms with Crippen LogP contribution in [0.15, 0.2) is 103 Å². The van der Waals surface area contributed by atoms with Gasteiger partial charge >= 0.3 is 5.97 Å². The normalized spacial score (nSPS) is 29.9. The van der Waals surface area contributed by atoms with Crippen molar-refractivity contribution in [2.24, 2.45) is 46.3 Å². The second-order valence-corrected chi connectivity index (χ2v) is 24.6. The Morgan fingerprint density at radius 3 is 2.07 bits per heavy atom. The summed E-state index contributed by atoms with van der Waals surface area (Å²) in [4.78, 5) is 13.3. The number of rotatable bonds is 15. The second kappa shape index (κ2) is 17.9. The van der Waals surface area contributed by atoms with Gasteiger partial charge in [0.05, 0.1) is 25.2 Å². The molecule has 4 aliphatic carbocycles. The quantitative estimate of drug-likeness (QED) is 0.0872. The Morgan fingerprint density at radius 1 is 0.828 bits per heavy atom. The lowest BCUT2D eigenvalue weighted by Crippen LogP contribution is -2.68. The van der Waals surface area contributed by atoms with Crippen LogP contribution >= 0.6 is 0 Å². The van der Waals surface area contributed by atoms with Crippen molar-refractivity contribution in [2.45, 2.75) is 150 Å². The van der Waals surface area contributed by atoms with Gasteiger partial charge < -0.3 is 13.9 Å². The average molecular weight is 803 g/mol. The standard InChI is InChI=1S/C53H74O4Si/c1-9-20-40(50(54)55-10-2)35-49(56-37-39-21-14-11-15-22-39)38(3)46-29-30-47-45-28-27-41-36-42(31-33-52(41,7)48(45)32-34-53(46,47)8)57-58(51(4,5)6,43-23-16-12-17-24-43)44-25-18-13-19-26-44/h11-19,21-27,38,40,42,45-49H,9-10,20,28-37H2,1-8H3/t38-,40-,42-,45-,46+,47-,48-,49-,52-,53+/m0/s1. The zero-order valence-corrected chi connectivity index (χ0v) is 38.2. The first-order valence-electron chi connectivity index (χ1n) is 23.2. The van der Waals surface area contributed by atoms with Gasteiger partial charge in [0.1, 0.15) is 0 Å². The predicted octanol–water partition coefficient (Wildman–Crippen LogP) is 12.1. The molecule has 58 heavy (non-hydrogen) atoms. The van der Waals surface area contributed by atoms with Crippen molar-refractivity contribution in [3.05, 3.63) is 108 Å². The molecule has 4 aliphatic rings. The fourth-order valence-electron chi connectivity index (χ4n) is 13.3. The molecule has 5 heteroatoms. The number of carbonyl (C=O) groups excluding carboxylic acids is 1. The number of fused-ring (bicyclic) bond motifs is 5. The first kappa shape index (κ1) is 43.1. The van der Waals surface area contributed by atoms with Gasteiger partial charge in [-0.05, 0) is 133 Å². The highest BCUT2D eigenvalue weighted by atomic mass is 28.4. The maximum Gasteiger partial charge on any atom is 0.309 e. The molecule has 3 aromatic rings. The lowest BCUT2D eigenvalue weighted by atomic mass is 9.47. The van der Waals surface area contributed by atoms with Crippen LogP contribution in [-0.4, -0.2) is 33.1 Å². The van der Waals surface area contributed by atoms with Crippen molar-refractivity contribution in [1.82, 2.24) is 0 Å². The fourth-order valence-corrected chi connectivity index (χ4v) is 18.0. The minimum atomic E-state index is -2.62. The van der Waals surface area contributed by atoms with E-state index in [2.05, 4.69) is 146 Å². The highest BCUT2D eigenvalue weighted by Crippen LogP contribution is 2.67. The molecule has 0 aromatic heterocycles. The third-order valence-electron chi connectivity index (χ3n) is 16.2. The smallest absolute Gasteiger partial charge is 0.309 e. The Labute approximate surface area is 353 Å². The molecule has 0 unspecified atom stereocenters. The van der Waals surface area contributed by atoms with Crippen LogP contribution < -0.4 is 10.4 Å². The number of benzene rings is 3. The molecule has 0 bridgehead atoms. The highest BCUT2D eigenvalue weighted by Gasteiger charge is 2.60. The van der Waals surface area contributed by atoms with E-state index < -0.39 is 8.32 Å². The van der Waals surface area contributed by atoms with E-state index in [0.29, 0.717) is 25.0 Å². The van der Waals surface area contributed by atoms with E-state index in [9.17, 15) is 4.79 Å². The Bertz CT molecular complexity index is 1780. The van der Waals surface area contributed by atoms with Crippen LogP contribution in [0.2, 0.25) is 5.04 Å². The van der Waals surface area contributed by atoms with Gasteiger partial charge in [-0.1, -0.05) is 158 Å². The van der Waals surface area contributed by atoms with Gasteiger partial charge in [-0.3, -0.25) is 4.79 Å². The van der Waals surface area contributed by atoms with Gasteiger partial charge in [-0.25, -0.2) is 0 Å². The third kappa shape index (κ3) is 8.23. The van der Waals surface area contributed by atoms with Crippen LogP contribution in [0.5, 0.6) is 0 Å². The molecule has 3 saturated carbocycles. The van der Waals surface area contributed by atoms with Crippen molar-refractivity contribution in [3.63, 3.8) is 0 Å². The van der Waals surface area contributed by atoms with Gasteiger partial charge in [-0.15, -0.1) is 0 Å². The van der Waals surface area contributed by atoms with Crippen LogP contribution in [0, 0.1) is 46.3 Å². The summed E-state index contributed by atoms with van der Waals surface area (Å²) >= 11 is 0. The van der Waals surface area contributed by atoms with Crippen LogP contribution in [-0.2, 0) is 25.3 Å². The lowest BCUT2D eigenvalue weighted by Gasteiger charge is -2.59. The molecule has 0 heterocycles. The van der Waals surface area contributed by atoms with E-state index >= 15 is 0 Å². The van der Waals surface area contributed by atoms with E-state index in [-0.39, 0.29) is 40.0 Å². The van der Waals surface area contributed by atoms with Gasteiger partial charge in [0.25, 0.3) is 8.32 Å². The van der Waals surface area contributed by atoms with Crippen molar-refractivity contribution in [3.8, 4) is 0 Å². The Morgan fingerprint density at radius 2 is 1.47 bits per heavy atom. The summed E-state index contributed by atoms with van der Waals surface area (Å²) in [6, 6.07) is 33.0. The van der Waals surface area contributed by atoms with E-state index in [1.807, 2.05) is 6.92 Å². The Kier molecular flexibility index (Phi) is 13.3. The van der Waals surface area contributed by atoms with Crippen molar-refractivity contribution in [1.29, 1.82) is 0 Å². The van der Waals surface area contributed by atoms with Crippen LogP contribution in [0.3, 0.4) is 0 Å². The summed E-state index contributed by atoms with van der Waals surface area (Å²) in [6.45, 7) is 20.1. The lowest BCUT2D eigenvalue weighted by molar-refractivity contribution is -0.151. The maximum absolute atomic E-state index is 13.3. The second-order valence-electron chi connectivity index (χ2n) is 20.3. The van der Waals surface area contributed by atoms with Gasteiger partial charge in [0.15, 0.2) is 0 Å². The topological polar surface area (TPSA) is 44.8 Å². The molecule has 0 aliphatic heterocycles. The molecule has 0 spiro atoms. The van der Waals surface area contributed by atoms with E-state index in [4.69, 9.17) is 13.9 Å². The minimum Gasteiger partial charge on any atom is -0.466 e. The third-order valence-corrected chi connectivity index (χ3v) is 21.3. The number of ether oxygens (including phenoxy) is 2. The Hall–Kier alpha value is -2.99. The molecular formula is C53H74O4Si. The average Bonchev–Trinajstić information content (AvgIpc) is 3.58. The molecule has 3 aromatic carbocycles. The molecule has 0 amide bonds. The predicted molar refractivity (Wildman–Crippen MR) is 242 cm³/mol. The minimum absolute atomic E-state index is 0.0145. The molecular weight excluding hydrogens is 729 g/mol. The first-order valence-corrected chi connectivity index (χ1v) is 25.1. The number of hydrogen-bond donors (Lipinski definition) is 0. The number of carbonyl (C=O) groups is 1. The summed E-state index contributed by atoms with van der Waals surface area (Å²) in [5, 5.41) is 2.74. The van der Waals surface area contributed by atoms with E-state index in [1.54, 1.807) is 5.57 Å². The van der Waals surface area contributed by atoms with Crippen molar-refractivity contribution < 1.29 is 18.7 Å². The zero-order chi connectivity index (χ0) is 41.1. The summed E-state index contributed by atoms with van der Waals surface area (Å²) in [6.07, 6.45) is 15.3. The molecule has 0 saturated heterocycles. The number of hydrogen-bond acceptors (Lipinski definition) is 4. The van der Waals surface area contributed by atoms with Crippen molar-refractivity contribution in [2.75, 3.05) is 6.61 Å². The largest absolute Gasteiger partial charge is 0.466 e. The van der Waals surface area contributed by atoms with Gasteiger partial charge in [0, 0.05) is 6.10 Å². The summed E-state index contributed by atoms with van der Waals surface area (Å²) in [5.74, 6) is 2.97. The number of allylic oxidation sites excluding steroid dienone is 1. The first-order chi connectivity index (χ1) is 27.9. The molecule has 10 atom stereocenters. The van der Waals surface area contributed by atoms with Crippen LogP contribution in [0.25, 0.3) is 0 Å². The van der Waals surface area contributed by atoms with E-state index in [1.165, 1.54) is 54.5 Å². The maximum atomic E-state index is 13.3. The van der Waals surface area contributed by atoms with Crippen LogP contribution in [0.1, 0.15) is 132 Å². The highest BCUT2D eigenvalue weighted by molar-refractivity contribution is 6.99. The monoisotopic (exact) mass is 803 g/mol. The van der Waals surface area contributed by atoms with E-state index in [0.717, 1.165) is 49.9 Å². The Balaban J connectivity index is 1.11. The molecule has 0 radical (unpaired) electrons. The zero-order valence-electron chi connectivity index (χ0n) is 37.2. The summed E-state index contributed by atoms with van der Waals surface area (Å²) in [7, 11) is -2.62. The van der Waals surface area contributed by atoms with Gasteiger partial charge in [-0.2, -0.15) is 0 Å². The molecule has 314 valence electrons. The van der Waals surface area contributed by atoms with Crippen LogP contribution in [0.4, 0.5) is 0 Å². The number of esters is 1. The van der Waals surface area contributed by atoms with Crippen molar-refractivity contribution >= 4 is 24.7 Å². The molecule has 4 nitrogen and oxygen atoms in total. The summed E-state index contributed by atoms with van der Waals surface area (Å²) in [5.41, 5.74) is 3.41. The molecule has 3 fully saturated rings. The molecule has 7 rings (SSSR count). The SMILES string of the molecule is CCC[C@@H](C[C@H](OCc1ccccc1)[C@@H](C)[C@H]1CC[C@H]2[C@@H]3CC=C4C[C@@H](O[Si](c5ccccc5)(c5ccccc5)C(C)(C)C)CC[C@]4(C)[C@H]3CC[C@]12C)C(=O)OCC. The molecule has 0 N–H and O–H groups in total. The fraction of sp³-hybridized carbons (Fsp3) is 0.604. The van der Waals surface area contributed by atoms with Gasteiger partial charge in [0.2, 0.25) is 0 Å².